The summed E-state index contributed by atoms with van der Waals surface area (Å²) in [4.78, 5) is 4.08. The summed E-state index contributed by atoms with van der Waals surface area (Å²) in [7, 11) is 1.93. The van der Waals surface area contributed by atoms with Crippen molar-refractivity contribution in [2.24, 2.45) is 0 Å². The molecule has 11 heavy (non-hydrogen) atoms. The fraction of sp³-hybridized carbons (Fsp3) is 0.714. The third-order valence-corrected chi connectivity index (χ3v) is 1.69. The number of aromatic amines is 1. The van der Waals surface area contributed by atoms with Crippen molar-refractivity contribution in [1.29, 1.82) is 0 Å². The first-order valence-electron chi connectivity index (χ1n) is 3.91. The van der Waals surface area contributed by atoms with E-state index in [2.05, 4.69) is 27.4 Å². The molecule has 0 aromatic carbocycles. The first-order chi connectivity index (χ1) is 5.38. The first kappa shape index (κ1) is 8.20. The van der Waals surface area contributed by atoms with Crippen molar-refractivity contribution >= 4 is 0 Å². The van der Waals surface area contributed by atoms with Crippen LogP contribution in [0.25, 0.3) is 0 Å². The molecule has 1 atom stereocenters. The van der Waals surface area contributed by atoms with Crippen molar-refractivity contribution in [1.82, 2.24) is 20.5 Å². The Kier molecular flexibility index (Phi) is 3.04. The Morgan fingerprint density at radius 1 is 1.73 bits per heavy atom. The van der Waals surface area contributed by atoms with Crippen molar-refractivity contribution < 1.29 is 0 Å². The Labute approximate surface area is 66.4 Å². The molecule has 0 amide bonds. The lowest BCUT2D eigenvalue weighted by Gasteiger charge is -2.10. The maximum atomic E-state index is 4.08. The zero-order valence-electron chi connectivity index (χ0n) is 6.96. The van der Waals surface area contributed by atoms with Gasteiger partial charge >= 0.3 is 0 Å². The van der Waals surface area contributed by atoms with Crippen molar-refractivity contribution in [3.05, 3.63) is 12.2 Å². The maximum absolute atomic E-state index is 4.08. The maximum Gasteiger partial charge on any atom is 0.141 e. The molecule has 4 nitrogen and oxygen atoms in total. The average molecular weight is 154 g/mol. The zero-order chi connectivity index (χ0) is 8.10. The van der Waals surface area contributed by atoms with Gasteiger partial charge in [-0.15, -0.1) is 0 Å². The largest absolute Gasteiger partial charge is 0.310 e. The molecule has 0 aliphatic carbocycles. The van der Waals surface area contributed by atoms with Crippen LogP contribution in [0.1, 0.15) is 31.6 Å². The highest BCUT2D eigenvalue weighted by molar-refractivity contribution is 4.89. The molecule has 0 radical (unpaired) electrons. The molecule has 0 aliphatic heterocycles. The Bertz CT molecular complexity index is 182. The lowest BCUT2D eigenvalue weighted by atomic mass is 10.1. The molecule has 0 aliphatic rings. The monoisotopic (exact) mass is 154 g/mol. The van der Waals surface area contributed by atoms with Gasteiger partial charge < -0.3 is 5.32 Å². The van der Waals surface area contributed by atoms with E-state index >= 15 is 0 Å². The number of rotatable bonds is 4. The van der Waals surface area contributed by atoms with Crippen LogP contribution < -0.4 is 5.32 Å². The van der Waals surface area contributed by atoms with Gasteiger partial charge in [0, 0.05) is 0 Å². The molecule has 0 spiro atoms. The highest BCUT2D eigenvalue weighted by Gasteiger charge is 2.09. The summed E-state index contributed by atoms with van der Waals surface area (Å²) in [6.45, 7) is 2.15. The summed E-state index contributed by atoms with van der Waals surface area (Å²) in [6, 6.07) is 0.322. The third-order valence-electron chi connectivity index (χ3n) is 1.69. The van der Waals surface area contributed by atoms with Crippen LogP contribution in [0.15, 0.2) is 6.33 Å². The standard InChI is InChI=1S/C7H14N4/c1-3-4-6(8-2)7-9-5-10-11-7/h5-6,8H,3-4H2,1-2H3,(H,9,10,11). The molecule has 1 aromatic rings. The molecule has 0 saturated carbocycles. The van der Waals surface area contributed by atoms with Gasteiger partial charge in [0.15, 0.2) is 0 Å². The molecule has 2 N–H and O–H groups in total. The van der Waals surface area contributed by atoms with Crippen molar-refractivity contribution in [2.45, 2.75) is 25.8 Å². The number of aromatic nitrogens is 3. The molecule has 0 fully saturated rings. The molecule has 0 bridgehead atoms. The number of H-pyrrole nitrogens is 1. The summed E-state index contributed by atoms with van der Waals surface area (Å²) in [5, 5.41) is 9.82. The molecular weight excluding hydrogens is 140 g/mol. The van der Waals surface area contributed by atoms with Crippen molar-refractivity contribution in [3.8, 4) is 0 Å². The van der Waals surface area contributed by atoms with Crippen LogP contribution in [0.2, 0.25) is 0 Å². The van der Waals surface area contributed by atoms with Gasteiger partial charge in [-0.3, -0.25) is 5.10 Å². The van der Waals surface area contributed by atoms with E-state index in [9.17, 15) is 0 Å². The molecule has 62 valence electrons. The van der Waals surface area contributed by atoms with E-state index in [1.165, 1.54) is 6.33 Å². The van der Waals surface area contributed by atoms with Gasteiger partial charge in [0.2, 0.25) is 0 Å². The minimum atomic E-state index is 0.322. The number of nitrogens with one attached hydrogen (secondary N) is 2. The predicted octanol–water partition coefficient (Wildman–Crippen LogP) is 0.865. The fourth-order valence-corrected chi connectivity index (χ4v) is 1.09. The molecule has 1 unspecified atom stereocenters. The first-order valence-corrected chi connectivity index (χ1v) is 3.91. The second-order valence-electron chi connectivity index (χ2n) is 2.50. The quantitative estimate of drug-likeness (QED) is 0.676. The van der Waals surface area contributed by atoms with Crippen LogP contribution in [0.4, 0.5) is 0 Å². The minimum absolute atomic E-state index is 0.322. The van der Waals surface area contributed by atoms with Gasteiger partial charge in [-0.2, -0.15) is 5.10 Å². The summed E-state index contributed by atoms with van der Waals surface area (Å²) in [5.41, 5.74) is 0. The van der Waals surface area contributed by atoms with E-state index in [4.69, 9.17) is 0 Å². The second-order valence-corrected chi connectivity index (χ2v) is 2.50. The lowest BCUT2D eigenvalue weighted by Crippen LogP contribution is -2.17. The Balaban J connectivity index is 2.56. The van der Waals surface area contributed by atoms with E-state index in [1.54, 1.807) is 0 Å². The fourth-order valence-electron chi connectivity index (χ4n) is 1.09. The number of nitrogens with zero attached hydrogens (tertiary/aromatic N) is 2. The van der Waals surface area contributed by atoms with Crippen molar-refractivity contribution in [2.75, 3.05) is 7.05 Å². The van der Waals surface area contributed by atoms with Gasteiger partial charge in [-0.05, 0) is 13.5 Å². The molecule has 0 saturated heterocycles. The molecule has 1 heterocycles. The average Bonchev–Trinajstić information content (AvgIpc) is 2.52. The second kappa shape index (κ2) is 4.08. The topological polar surface area (TPSA) is 53.6 Å². The van der Waals surface area contributed by atoms with Gasteiger partial charge in [-0.1, -0.05) is 13.3 Å². The van der Waals surface area contributed by atoms with E-state index in [0.29, 0.717) is 6.04 Å². The number of hydrogen-bond acceptors (Lipinski definition) is 3. The van der Waals surface area contributed by atoms with Crippen molar-refractivity contribution in [3.63, 3.8) is 0 Å². The van der Waals surface area contributed by atoms with E-state index in [1.807, 2.05) is 7.05 Å². The highest BCUT2D eigenvalue weighted by Crippen LogP contribution is 2.11. The Morgan fingerprint density at radius 2 is 2.55 bits per heavy atom. The Morgan fingerprint density at radius 3 is 3.00 bits per heavy atom. The third kappa shape index (κ3) is 2.01. The lowest BCUT2D eigenvalue weighted by molar-refractivity contribution is 0.515. The van der Waals surface area contributed by atoms with Crippen LogP contribution in [0.5, 0.6) is 0 Å². The molecular formula is C7H14N4. The number of hydrogen-bond donors (Lipinski definition) is 2. The smallest absolute Gasteiger partial charge is 0.141 e. The van der Waals surface area contributed by atoms with Gasteiger partial charge in [0.25, 0.3) is 0 Å². The van der Waals surface area contributed by atoms with E-state index in [-0.39, 0.29) is 0 Å². The van der Waals surface area contributed by atoms with Crippen LogP contribution in [0, 0.1) is 0 Å². The van der Waals surface area contributed by atoms with Crippen LogP contribution >= 0.6 is 0 Å². The molecule has 1 rings (SSSR count). The van der Waals surface area contributed by atoms with Crippen LogP contribution in [-0.4, -0.2) is 22.2 Å². The zero-order valence-corrected chi connectivity index (χ0v) is 6.96. The van der Waals surface area contributed by atoms with Gasteiger partial charge in [0.05, 0.1) is 6.04 Å². The Hall–Kier alpha value is -0.900. The van der Waals surface area contributed by atoms with E-state index in [0.717, 1.165) is 18.7 Å². The van der Waals surface area contributed by atoms with Gasteiger partial charge in [-0.25, -0.2) is 4.98 Å². The summed E-state index contributed by atoms with van der Waals surface area (Å²) < 4.78 is 0. The summed E-state index contributed by atoms with van der Waals surface area (Å²) >= 11 is 0. The normalized spacial score (nSPS) is 13.3. The summed E-state index contributed by atoms with van der Waals surface area (Å²) in [5.74, 6) is 0.925. The summed E-state index contributed by atoms with van der Waals surface area (Å²) in [6.07, 6.45) is 3.77. The van der Waals surface area contributed by atoms with Gasteiger partial charge in [0.1, 0.15) is 12.2 Å². The predicted molar refractivity (Wildman–Crippen MR) is 43.1 cm³/mol. The SMILES string of the molecule is CCCC(NC)c1ncn[nH]1. The highest BCUT2D eigenvalue weighted by atomic mass is 15.2. The minimum Gasteiger partial charge on any atom is -0.310 e. The molecule has 4 heteroatoms. The van der Waals surface area contributed by atoms with E-state index < -0.39 is 0 Å². The van der Waals surface area contributed by atoms with Crippen LogP contribution in [-0.2, 0) is 0 Å². The molecule has 1 aromatic heterocycles. The van der Waals surface area contributed by atoms with Crippen LogP contribution in [0.3, 0.4) is 0 Å².